The molecule has 1 amide bonds. The molecule has 2 aromatic heterocycles. The normalized spacial score (nSPS) is 10.6. The fourth-order valence-corrected chi connectivity index (χ4v) is 3.33. The molecular weight excluding hydrogens is 366 g/mol. The first kappa shape index (κ1) is 18.6. The minimum atomic E-state index is -0.420. The zero-order valence-electron chi connectivity index (χ0n) is 15.0. The van der Waals surface area contributed by atoms with Crippen molar-refractivity contribution in [2.75, 3.05) is 11.6 Å². The molecule has 1 N–H and O–H groups in total. The first-order valence-corrected chi connectivity index (χ1v) is 9.22. The number of benzene rings is 1. The number of thioether (sulfide) groups is 1. The van der Waals surface area contributed by atoms with Crippen molar-refractivity contribution in [2.45, 2.75) is 12.1 Å². The van der Waals surface area contributed by atoms with Gasteiger partial charge in [-0.1, -0.05) is 23.9 Å². The topological polar surface area (TPSA) is 103 Å². The van der Waals surface area contributed by atoms with Crippen LogP contribution in [0.2, 0.25) is 0 Å². The molecule has 27 heavy (non-hydrogen) atoms. The number of hydrogen-bond donors (Lipinski definition) is 1. The molecule has 0 atom stereocenters. The van der Waals surface area contributed by atoms with Gasteiger partial charge in [-0.15, -0.1) is 0 Å². The number of carbonyl (C=O) groups excluding carboxylic acids is 1. The third-order valence-electron chi connectivity index (χ3n) is 3.90. The number of nitro groups is 1. The highest BCUT2D eigenvalue weighted by atomic mass is 32.2. The summed E-state index contributed by atoms with van der Waals surface area (Å²) < 4.78 is 1.90. The van der Waals surface area contributed by atoms with Gasteiger partial charge < -0.3 is 9.88 Å². The van der Waals surface area contributed by atoms with Gasteiger partial charge in [-0.3, -0.25) is 14.9 Å². The Labute approximate surface area is 159 Å². The Balaban J connectivity index is 2.19. The molecule has 0 bridgehead atoms. The molecule has 0 unspecified atom stereocenters. The van der Waals surface area contributed by atoms with Crippen LogP contribution in [0.1, 0.15) is 6.92 Å². The van der Waals surface area contributed by atoms with Gasteiger partial charge in [0.15, 0.2) is 5.16 Å². The predicted molar refractivity (Wildman–Crippen MR) is 105 cm³/mol. The van der Waals surface area contributed by atoms with Crippen LogP contribution in [0.5, 0.6) is 0 Å². The molecule has 0 aliphatic rings. The fraction of sp³-hybridized carbons (Fsp3) is 0.167. The number of pyridine rings is 1. The van der Waals surface area contributed by atoms with Crippen molar-refractivity contribution in [3.8, 4) is 22.5 Å². The molecular formula is C18H17N5O3S. The summed E-state index contributed by atoms with van der Waals surface area (Å²) in [7, 11) is 1.87. The Hall–Kier alpha value is -3.20. The highest BCUT2D eigenvalue weighted by molar-refractivity contribution is 7.98. The number of carbonyl (C=O) groups is 1. The third kappa shape index (κ3) is 3.82. The molecule has 0 fully saturated rings. The standard InChI is InChI=1S/C18H17N5O3S/c1-11(24)20-15-10-12(7-8-19-15)16-17(22(2)18(21-16)27-3)13-5-4-6-14(9-13)23(25)26/h4-10H,1-3H3,(H,19,20,24). The molecule has 8 nitrogen and oxygen atoms in total. The van der Waals surface area contributed by atoms with E-state index in [0.29, 0.717) is 17.1 Å². The highest BCUT2D eigenvalue weighted by Gasteiger charge is 2.20. The number of aromatic nitrogens is 3. The summed E-state index contributed by atoms with van der Waals surface area (Å²) in [6.45, 7) is 1.41. The van der Waals surface area contributed by atoms with Crippen LogP contribution in [-0.2, 0) is 11.8 Å². The lowest BCUT2D eigenvalue weighted by atomic mass is 10.0. The van der Waals surface area contributed by atoms with Gasteiger partial charge in [-0.05, 0) is 18.4 Å². The number of nitrogens with zero attached hydrogens (tertiary/aromatic N) is 4. The van der Waals surface area contributed by atoms with Gasteiger partial charge >= 0.3 is 0 Å². The lowest BCUT2D eigenvalue weighted by molar-refractivity contribution is -0.384. The van der Waals surface area contributed by atoms with Crippen molar-refractivity contribution in [3.05, 3.63) is 52.7 Å². The average molecular weight is 383 g/mol. The summed E-state index contributed by atoms with van der Waals surface area (Å²) >= 11 is 1.48. The van der Waals surface area contributed by atoms with Crippen molar-refractivity contribution < 1.29 is 9.72 Å². The van der Waals surface area contributed by atoms with Crippen molar-refractivity contribution in [1.82, 2.24) is 14.5 Å². The van der Waals surface area contributed by atoms with Crippen molar-refractivity contribution in [1.29, 1.82) is 0 Å². The van der Waals surface area contributed by atoms with E-state index in [0.717, 1.165) is 16.4 Å². The number of nitrogens with one attached hydrogen (secondary N) is 1. The van der Waals surface area contributed by atoms with Crippen molar-refractivity contribution >= 4 is 29.2 Å². The number of imidazole rings is 1. The summed E-state index contributed by atoms with van der Waals surface area (Å²) in [6, 6.07) is 9.97. The molecule has 0 aliphatic heterocycles. The number of amides is 1. The maximum Gasteiger partial charge on any atom is 0.270 e. The predicted octanol–water partition coefficient (Wildman–Crippen LogP) is 3.74. The lowest BCUT2D eigenvalue weighted by Crippen LogP contribution is -2.07. The van der Waals surface area contributed by atoms with Crippen LogP contribution < -0.4 is 5.32 Å². The van der Waals surface area contributed by atoms with E-state index in [-0.39, 0.29) is 11.6 Å². The van der Waals surface area contributed by atoms with Crippen molar-refractivity contribution in [2.24, 2.45) is 7.05 Å². The third-order valence-corrected chi connectivity index (χ3v) is 4.63. The highest BCUT2D eigenvalue weighted by Crippen LogP contribution is 2.36. The van der Waals surface area contributed by atoms with Crippen molar-refractivity contribution in [3.63, 3.8) is 0 Å². The maximum atomic E-state index is 11.3. The van der Waals surface area contributed by atoms with E-state index in [1.54, 1.807) is 24.4 Å². The number of nitro benzene ring substituents is 1. The quantitative estimate of drug-likeness (QED) is 0.409. The summed E-state index contributed by atoms with van der Waals surface area (Å²) in [5, 5.41) is 14.6. The van der Waals surface area contributed by atoms with Gasteiger partial charge in [0.1, 0.15) is 5.82 Å². The van der Waals surface area contributed by atoms with E-state index in [9.17, 15) is 14.9 Å². The van der Waals surface area contributed by atoms with Crippen LogP contribution in [0, 0.1) is 10.1 Å². The maximum absolute atomic E-state index is 11.3. The van der Waals surface area contributed by atoms with Crippen LogP contribution in [0.3, 0.4) is 0 Å². The zero-order valence-corrected chi connectivity index (χ0v) is 15.8. The summed E-state index contributed by atoms with van der Waals surface area (Å²) in [5.41, 5.74) is 2.87. The van der Waals surface area contributed by atoms with E-state index >= 15 is 0 Å². The Morgan fingerprint density at radius 3 is 2.70 bits per heavy atom. The monoisotopic (exact) mass is 383 g/mol. The first-order chi connectivity index (χ1) is 12.9. The minimum absolute atomic E-state index is 0.0130. The Morgan fingerprint density at radius 1 is 1.26 bits per heavy atom. The van der Waals surface area contributed by atoms with E-state index < -0.39 is 4.92 Å². The van der Waals surface area contributed by atoms with Crippen LogP contribution in [-0.4, -0.2) is 31.6 Å². The second-order valence-electron chi connectivity index (χ2n) is 5.77. The molecule has 9 heteroatoms. The molecule has 0 radical (unpaired) electrons. The summed E-state index contributed by atoms with van der Waals surface area (Å²) in [6.07, 6.45) is 3.50. The van der Waals surface area contributed by atoms with E-state index in [4.69, 9.17) is 0 Å². The van der Waals surface area contributed by atoms with Gasteiger partial charge in [0.2, 0.25) is 5.91 Å². The first-order valence-electron chi connectivity index (χ1n) is 8.00. The molecule has 0 saturated heterocycles. The van der Waals surface area contributed by atoms with Gasteiger partial charge in [0, 0.05) is 43.4 Å². The molecule has 3 rings (SSSR count). The Bertz CT molecular complexity index is 1030. The van der Waals surface area contributed by atoms with E-state index in [2.05, 4.69) is 15.3 Å². The smallest absolute Gasteiger partial charge is 0.270 e. The molecule has 2 heterocycles. The van der Waals surface area contributed by atoms with Crippen LogP contribution in [0.15, 0.2) is 47.8 Å². The Kier molecular flexibility index (Phi) is 5.22. The summed E-state index contributed by atoms with van der Waals surface area (Å²) in [4.78, 5) is 30.9. The molecule has 1 aromatic carbocycles. The lowest BCUT2D eigenvalue weighted by Gasteiger charge is -2.08. The SMILES string of the molecule is CSc1nc(-c2ccnc(NC(C)=O)c2)c(-c2cccc([N+](=O)[O-])c2)n1C. The Morgan fingerprint density at radius 2 is 2.04 bits per heavy atom. The molecule has 3 aromatic rings. The minimum Gasteiger partial charge on any atom is -0.322 e. The van der Waals surface area contributed by atoms with Crippen LogP contribution >= 0.6 is 11.8 Å². The second-order valence-corrected chi connectivity index (χ2v) is 6.55. The molecule has 0 saturated carbocycles. The largest absolute Gasteiger partial charge is 0.322 e. The van der Waals surface area contributed by atoms with Gasteiger partial charge in [-0.25, -0.2) is 9.97 Å². The number of anilines is 1. The number of non-ortho nitro benzene ring substituents is 1. The van der Waals surface area contributed by atoms with Gasteiger partial charge in [0.05, 0.1) is 16.3 Å². The fourth-order valence-electron chi connectivity index (χ4n) is 2.79. The van der Waals surface area contributed by atoms with E-state index in [1.165, 1.54) is 30.8 Å². The second kappa shape index (κ2) is 7.58. The molecule has 0 spiro atoms. The number of hydrogen-bond acceptors (Lipinski definition) is 6. The molecule has 138 valence electrons. The van der Waals surface area contributed by atoms with Gasteiger partial charge in [0.25, 0.3) is 5.69 Å². The van der Waals surface area contributed by atoms with Crippen LogP contribution in [0.25, 0.3) is 22.5 Å². The number of rotatable bonds is 5. The summed E-state index contributed by atoms with van der Waals surface area (Å²) in [5.74, 6) is 0.200. The average Bonchev–Trinajstić information content (AvgIpc) is 2.98. The molecule has 0 aliphatic carbocycles. The van der Waals surface area contributed by atoms with Gasteiger partial charge in [-0.2, -0.15) is 0 Å². The zero-order chi connectivity index (χ0) is 19.6. The van der Waals surface area contributed by atoms with E-state index in [1.807, 2.05) is 23.9 Å². The van der Waals surface area contributed by atoms with Crippen LogP contribution in [0.4, 0.5) is 11.5 Å².